The average Bonchev–Trinajstić information content (AvgIpc) is 3.55. The summed E-state index contributed by atoms with van der Waals surface area (Å²) in [5.41, 5.74) is 0.388. The third-order valence-corrected chi connectivity index (χ3v) is 12.7. The van der Waals surface area contributed by atoms with E-state index in [2.05, 4.69) is 9.80 Å². The molecule has 4 aliphatic carbocycles. The highest BCUT2D eigenvalue weighted by atomic mass is 16.5. The predicted octanol–water partition coefficient (Wildman–Crippen LogP) is 1.90. The number of benzene rings is 2. The normalized spacial score (nSPS) is 40.7. The van der Waals surface area contributed by atoms with Gasteiger partial charge in [-0.25, -0.2) is 0 Å². The number of rotatable bonds is 0. The zero-order valence-corrected chi connectivity index (χ0v) is 24.7. The van der Waals surface area contributed by atoms with Crippen LogP contribution in [-0.4, -0.2) is 104 Å². The van der Waals surface area contributed by atoms with E-state index in [9.17, 15) is 30.0 Å². The van der Waals surface area contributed by atoms with Crippen molar-refractivity contribution in [1.82, 2.24) is 9.80 Å². The maximum absolute atomic E-state index is 12.5. The zero-order chi connectivity index (χ0) is 30.6. The van der Waals surface area contributed by atoms with E-state index in [4.69, 9.17) is 9.47 Å². The van der Waals surface area contributed by atoms with Gasteiger partial charge in [-0.2, -0.15) is 0 Å². The van der Waals surface area contributed by atoms with Crippen molar-refractivity contribution < 1.29 is 39.5 Å². The van der Waals surface area contributed by atoms with Crippen LogP contribution in [0, 0.1) is 0 Å². The fraction of sp³-hybridized carbons (Fsp3) is 0.543. The molecule has 10 nitrogen and oxygen atoms in total. The first-order valence-corrected chi connectivity index (χ1v) is 15.6. The molecule has 4 N–H and O–H groups in total. The van der Waals surface area contributed by atoms with Crippen LogP contribution in [0.5, 0.6) is 23.0 Å². The number of piperidine rings is 2. The molecule has 4 aliphatic heterocycles. The lowest BCUT2D eigenvalue weighted by atomic mass is 9.49. The Bertz CT molecular complexity index is 1710. The number of likely N-dealkylation sites (N-methyl/N-ethyl adjacent to an activating group) is 2. The Morgan fingerprint density at radius 2 is 1.33 bits per heavy atom. The minimum absolute atomic E-state index is 0. The lowest BCUT2D eigenvalue weighted by Crippen LogP contribution is -2.76. The Balaban J connectivity index is 0.000000131. The van der Waals surface area contributed by atoms with E-state index in [-0.39, 0.29) is 42.6 Å². The van der Waals surface area contributed by atoms with Crippen LogP contribution < -0.4 is 9.47 Å². The molecule has 45 heavy (non-hydrogen) atoms. The van der Waals surface area contributed by atoms with Crippen molar-refractivity contribution in [1.29, 1.82) is 0 Å². The van der Waals surface area contributed by atoms with Crippen LogP contribution >= 0.6 is 0 Å². The van der Waals surface area contributed by atoms with Crippen LogP contribution in [-0.2, 0) is 33.3 Å². The van der Waals surface area contributed by atoms with Gasteiger partial charge in [0.25, 0.3) is 0 Å². The lowest BCUT2D eigenvalue weighted by molar-refractivity contribution is -0.185. The number of carbonyl (C=O) groups excluding carboxylic acids is 2. The minimum atomic E-state index is -1.13. The number of carbonyl (C=O) groups is 2. The van der Waals surface area contributed by atoms with Crippen LogP contribution in [0.4, 0.5) is 0 Å². The summed E-state index contributed by atoms with van der Waals surface area (Å²) in [5.74, 6) is 0.873. The molecule has 10 rings (SSSR count). The Hall–Kier alpha value is -3.44. The number of hydrogen-bond donors (Lipinski definition) is 4. The van der Waals surface area contributed by atoms with Gasteiger partial charge >= 0.3 is 0 Å². The number of ketones is 2. The van der Waals surface area contributed by atoms with E-state index >= 15 is 0 Å². The third-order valence-electron chi connectivity index (χ3n) is 12.7. The summed E-state index contributed by atoms with van der Waals surface area (Å²) in [7, 11) is 4.06. The predicted molar refractivity (Wildman–Crippen MR) is 163 cm³/mol. The van der Waals surface area contributed by atoms with Gasteiger partial charge in [-0.1, -0.05) is 19.6 Å². The fourth-order valence-electron chi connectivity index (χ4n) is 10.7. The smallest absolute Gasteiger partial charge is 0.196 e. The number of phenols is 2. The fourth-order valence-corrected chi connectivity index (χ4v) is 10.7. The van der Waals surface area contributed by atoms with Crippen LogP contribution in [0.15, 0.2) is 36.4 Å². The van der Waals surface area contributed by atoms with Crippen LogP contribution in [0.25, 0.3) is 0 Å². The average molecular weight is 617 g/mol. The number of aliphatic hydroxyl groups is 2. The van der Waals surface area contributed by atoms with Gasteiger partial charge in [0.1, 0.15) is 5.60 Å². The highest BCUT2D eigenvalue weighted by molar-refractivity contribution is 5.99. The number of ether oxygens (including phenoxy) is 2. The maximum atomic E-state index is 12.5. The number of phenolic OH excluding ortho intramolecular Hbond substituents is 2. The van der Waals surface area contributed by atoms with Gasteiger partial charge in [-0.15, -0.1) is 0 Å². The molecule has 0 aromatic heterocycles. The monoisotopic (exact) mass is 616 g/mol. The molecule has 1 saturated carbocycles. The largest absolute Gasteiger partial charge is 0.504 e. The van der Waals surface area contributed by atoms with Crippen LogP contribution in [0.1, 0.15) is 55.4 Å². The van der Waals surface area contributed by atoms with E-state index in [0.717, 1.165) is 41.8 Å². The molecule has 8 atom stereocenters. The molecule has 2 aromatic rings. The van der Waals surface area contributed by atoms with Gasteiger partial charge in [-0.05, 0) is 94.7 Å². The Kier molecular flexibility index (Phi) is 5.72. The molecule has 3 fully saturated rings. The molecular weight excluding hydrogens is 576 g/mol. The second-order valence-electron chi connectivity index (χ2n) is 14.2. The van der Waals surface area contributed by atoms with E-state index in [1.165, 1.54) is 6.08 Å². The molecule has 2 aromatic carbocycles. The lowest BCUT2D eigenvalue weighted by Gasteiger charge is -2.61. The molecule has 238 valence electrons. The molecule has 2 saturated heterocycles. The quantitative estimate of drug-likeness (QED) is 0.347. The van der Waals surface area contributed by atoms with Crippen molar-refractivity contribution in [3.05, 3.63) is 58.7 Å². The molecule has 0 unspecified atom stereocenters. The first-order chi connectivity index (χ1) is 21.0. The Morgan fingerprint density at radius 3 is 2.00 bits per heavy atom. The molecule has 0 radical (unpaired) electrons. The minimum Gasteiger partial charge on any atom is -0.504 e. The second-order valence-corrected chi connectivity index (χ2v) is 14.2. The number of Topliss-reactive ketones (excluding diaryl/α,β-unsaturated/α-hetero) is 1. The summed E-state index contributed by atoms with van der Waals surface area (Å²) in [4.78, 5) is 29.3. The van der Waals surface area contributed by atoms with Crippen molar-refractivity contribution in [2.45, 2.75) is 92.3 Å². The maximum Gasteiger partial charge on any atom is 0.196 e. The first kappa shape index (κ1) is 29.0. The van der Waals surface area contributed by atoms with E-state index < -0.39 is 34.2 Å². The molecule has 8 aliphatic rings. The summed E-state index contributed by atoms with van der Waals surface area (Å²) in [6.07, 6.45) is 5.31. The number of aromatic hydroxyl groups is 2. The summed E-state index contributed by atoms with van der Waals surface area (Å²) in [5, 5.41) is 43.6. The van der Waals surface area contributed by atoms with Gasteiger partial charge in [0.15, 0.2) is 46.8 Å². The SMILES string of the molecule is C.CN1CC[C@]23c4c5ccc(O)c4O[C@H]2C(=O)C=C[C@@]3(O)[C@H]1C5.CN1CC[C@]23c4c5ccc(O)c4O[C@H]2C(=O)CC[C@@]3(O)[C@H]1C5. The Morgan fingerprint density at radius 1 is 0.778 bits per heavy atom. The number of likely N-dealkylation sites (tertiary alicyclic amines) is 2. The second kappa shape index (κ2) is 8.88. The van der Waals surface area contributed by atoms with Gasteiger partial charge in [-0.3, -0.25) is 14.5 Å². The highest BCUT2D eigenvalue weighted by Gasteiger charge is 2.73. The van der Waals surface area contributed by atoms with Crippen molar-refractivity contribution in [2.24, 2.45) is 0 Å². The molecule has 0 amide bonds. The summed E-state index contributed by atoms with van der Waals surface area (Å²) >= 11 is 0. The molecule has 2 spiro atoms. The standard InChI is InChI=1S/C17H19NO4.C17H17NO4.CH4/c2*1-18-7-6-16-13-9-2-3-10(19)14(13)22-15(16)11(20)4-5-17(16,21)12(18)8-9;/h2-3,12,15,19,21H,4-8H2,1H3;2-5,12,15,19,21H,6-8H2,1H3;1H4/t2*12-,15+,16+,17-;/m11./s1. The van der Waals surface area contributed by atoms with Crippen molar-refractivity contribution >= 4 is 11.6 Å². The van der Waals surface area contributed by atoms with Crippen molar-refractivity contribution in [3.63, 3.8) is 0 Å². The zero-order valence-electron chi connectivity index (χ0n) is 24.7. The van der Waals surface area contributed by atoms with Crippen molar-refractivity contribution in [3.8, 4) is 23.0 Å². The van der Waals surface area contributed by atoms with Gasteiger partial charge in [0.2, 0.25) is 0 Å². The van der Waals surface area contributed by atoms with Crippen molar-refractivity contribution in [2.75, 3.05) is 27.2 Å². The molecule has 10 heteroatoms. The first-order valence-electron chi connectivity index (χ1n) is 15.6. The summed E-state index contributed by atoms with van der Waals surface area (Å²) in [6.45, 7) is 1.62. The highest BCUT2D eigenvalue weighted by Crippen LogP contribution is 2.65. The molecule has 4 bridgehead atoms. The van der Waals surface area contributed by atoms with Gasteiger partial charge in [0, 0.05) is 29.6 Å². The van der Waals surface area contributed by atoms with Gasteiger partial charge in [0.05, 0.1) is 16.4 Å². The van der Waals surface area contributed by atoms with E-state index in [1.807, 2.05) is 26.2 Å². The van der Waals surface area contributed by atoms with E-state index in [0.29, 0.717) is 43.6 Å². The van der Waals surface area contributed by atoms with Crippen LogP contribution in [0.3, 0.4) is 0 Å². The third kappa shape index (κ3) is 3.05. The topological polar surface area (TPSA) is 140 Å². The van der Waals surface area contributed by atoms with Gasteiger partial charge < -0.3 is 34.8 Å². The molecule has 4 heterocycles. The van der Waals surface area contributed by atoms with Crippen LogP contribution in [0.2, 0.25) is 0 Å². The molecular formula is C35H40N2O8. The number of hydrogen-bond acceptors (Lipinski definition) is 10. The van der Waals surface area contributed by atoms with E-state index in [1.54, 1.807) is 18.2 Å². The summed E-state index contributed by atoms with van der Waals surface area (Å²) < 4.78 is 11.8. The Labute approximate surface area is 261 Å². The number of nitrogens with zero attached hydrogens (tertiary/aromatic N) is 2. The summed E-state index contributed by atoms with van der Waals surface area (Å²) in [6, 6.07) is 7.01.